The summed E-state index contributed by atoms with van der Waals surface area (Å²) in [5.41, 5.74) is 0.805. The van der Waals surface area contributed by atoms with Crippen LogP contribution in [0.5, 0.6) is 5.75 Å². The Hall–Kier alpha value is -1.31. The fourth-order valence-corrected chi connectivity index (χ4v) is 4.17. The first-order chi connectivity index (χ1) is 14.7. The van der Waals surface area contributed by atoms with Crippen molar-refractivity contribution in [3.8, 4) is 5.75 Å². The number of ether oxygens (including phenoxy) is 1. The van der Waals surface area contributed by atoms with Crippen molar-refractivity contribution in [1.29, 1.82) is 0 Å². The second kappa shape index (κ2) is 18.5. The van der Waals surface area contributed by atoms with Crippen molar-refractivity contribution in [3.05, 3.63) is 29.8 Å². The van der Waals surface area contributed by atoms with Gasteiger partial charge in [-0.3, -0.25) is 4.79 Å². The van der Waals surface area contributed by atoms with E-state index in [0.29, 0.717) is 0 Å². The van der Waals surface area contributed by atoms with E-state index in [4.69, 9.17) is 4.74 Å². The van der Waals surface area contributed by atoms with E-state index in [-0.39, 0.29) is 11.7 Å². The Bertz CT molecular complexity index is 520. The third kappa shape index (κ3) is 13.1. The molecular formula is C28H48O2. The predicted molar refractivity (Wildman–Crippen MR) is 131 cm³/mol. The van der Waals surface area contributed by atoms with Crippen molar-refractivity contribution in [3.63, 3.8) is 0 Å². The van der Waals surface area contributed by atoms with E-state index in [0.717, 1.165) is 17.7 Å². The molecule has 0 bridgehead atoms. The Kier molecular flexibility index (Phi) is 16.4. The van der Waals surface area contributed by atoms with Crippen molar-refractivity contribution >= 4 is 5.78 Å². The van der Waals surface area contributed by atoms with E-state index in [1.165, 1.54) is 103 Å². The van der Waals surface area contributed by atoms with Gasteiger partial charge in [-0.25, -0.2) is 0 Å². The number of hydrogen-bond acceptors (Lipinski definition) is 2. The Morgan fingerprint density at radius 2 is 1.10 bits per heavy atom. The van der Waals surface area contributed by atoms with Crippen molar-refractivity contribution in [2.45, 2.75) is 123 Å². The van der Waals surface area contributed by atoms with Crippen LogP contribution in [-0.4, -0.2) is 12.9 Å². The van der Waals surface area contributed by atoms with E-state index < -0.39 is 0 Å². The summed E-state index contributed by atoms with van der Waals surface area (Å²) in [7, 11) is 1.65. The van der Waals surface area contributed by atoms with Gasteiger partial charge in [0.25, 0.3) is 0 Å². The summed E-state index contributed by atoms with van der Waals surface area (Å²) in [6, 6.07) is 7.50. The Labute approximate surface area is 187 Å². The Morgan fingerprint density at radius 1 is 0.700 bits per heavy atom. The Morgan fingerprint density at radius 3 is 1.50 bits per heavy atom. The van der Waals surface area contributed by atoms with Crippen molar-refractivity contribution in [2.75, 3.05) is 7.11 Å². The lowest BCUT2D eigenvalue weighted by atomic mass is 9.93. The van der Waals surface area contributed by atoms with Crippen LogP contribution < -0.4 is 4.74 Å². The van der Waals surface area contributed by atoms with Gasteiger partial charge in [-0.15, -0.1) is 0 Å². The van der Waals surface area contributed by atoms with Gasteiger partial charge < -0.3 is 4.74 Å². The number of benzene rings is 1. The minimum Gasteiger partial charge on any atom is -0.497 e. The van der Waals surface area contributed by atoms with Crippen LogP contribution in [-0.2, 0) is 0 Å². The summed E-state index contributed by atoms with van der Waals surface area (Å²) < 4.78 is 5.16. The van der Waals surface area contributed by atoms with E-state index in [2.05, 4.69) is 13.8 Å². The number of ketones is 1. The van der Waals surface area contributed by atoms with E-state index in [1.54, 1.807) is 7.11 Å². The highest BCUT2D eigenvalue weighted by Crippen LogP contribution is 2.19. The zero-order valence-corrected chi connectivity index (χ0v) is 20.2. The van der Waals surface area contributed by atoms with Crippen LogP contribution in [0.3, 0.4) is 0 Å². The standard InChI is InChI=1S/C28H48O2/c1-4-5-6-7-8-9-10-11-12-13-14-15-16-17-18-19-20-25(2)28(29)26-21-23-27(30-3)24-22-26/h21-25H,4-20H2,1-3H3. The maximum atomic E-state index is 12.5. The van der Waals surface area contributed by atoms with Gasteiger partial charge >= 0.3 is 0 Å². The fraction of sp³-hybridized carbons (Fsp3) is 0.750. The number of methoxy groups -OCH3 is 1. The molecule has 1 aromatic rings. The van der Waals surface area contributed by atoms with Gasteiger partial charge in [0.15, 0.2) is 5.78 Å². The SMILES string of the molecule is CCCCCCCCCCCCCCCCCCC(C)C(=O)c1ccc(OC)cc1. The number of carbonyl (C=O) groups is 1. The molecule has 172 valence electrons. The molecule has 0 radical (unpaired) electrons. The van der Waals surface area contributed by atoms with Gasteiger partial charge in [-0.2, -0.15) is 0 Å². The normalized spacial score (nSPS) is 12.1. The average Bonchev–Trinajstić information content (AvgIpc) is 2.78. The van der Waals surface area contributed by atoms with Gasteiger partial charge in [0, 0.05) is 11.5 Å². The molecule has 0 aliphatic rings. The number of rotatable bonds is 20. The van der Waals surface area contributed by atoms with Crippen LogP contribution in [0.1, 0.15) is 133 Å². The maximum absolute atomic E-state index is 12.5. The van der Waals surface area contributed by atoms with Gasteiger partial charge in [0.1, 0.15) is 5.75 Å². The minimum absolute atomic E-state index is 0.116. The molecule has 0 amide bonds. The highest BCUT2D eigenvalue weighted by Gasteiger charge is 2.14. The summed E-state index contributed by atoms with van der Waals surface area (Å²) in [5, 5.41) is 0. The molecule has 2 heteroatoms. The molecule has 0 aromatic heterocycles. The van der Waals surface area contributed by atoms with Gasteiger partial charge in [-0.05, 0) is 30.7 Å². The molecule has 1 rings (SSSR count). The number of Topliss-reactive ketones (excluding diaryl/α,β-unsaturated/α-hetero) is 1. The number of hydrogen-bond donors (Lipinski definition) is 0. The average molecular weight is 417 g/mol. The second-order valence-corrected chi connectivity index (χ2v) is 9.09. The molecular weight excluding hydrogens is 368 g/mol. The van der Waals surface area contributed by atoms with Crippen molar-refractivity contribution in [1.82, 2.24) is 0 Å². The summed E-state index contributed by atoms with van der Waals surface area (Å²) in [6.07, 6.45) is 23.2. The molecule has 30 heavy (non-hydrogen) atoms. The molecule has 0 fully saturated rings. The van der Waals surface area contributed by atoms with Crippen LogP contribution in [0.4, 0.5) is 0 Å². The third-order valence-corrected chi connectivity index (χ3v) is 6.31. The molecule has 0 saturated carbocycles. The molecule has 0 aliphatic heterocycles. The van der Waals surface area contributed by atoms with Crippen LogP contribution in [0.25, 0.3) is 0 Å². The smallest absolute Gasteiger partial charge is 0.165 e. The molecule has 0 saturated heterocycles. The van der Waals surface area contributed by atoms with Crippen molar-refractivity contribution < 1.29 is 9.53 Å². The first-order valence-electron chi connectivity index (χ1n) is 12.9. The monoisotopic (exact) mass is 416 g/mol. The number of carbonyl (C=O) groups excluding carboxylic acids is 1. The molecule has 1 unspecified atom stereocenters. The molecule has 0 N–H and O–H groups in total. The van der Waals surface area contributed by atoms with Gasteiger partial charge in [0.05, 0.1) is 7.11 Å². The first kappa shape index (κ1) is 26.7. The maximum Gasteiger partial charge on any atom is 0.165 e. The lowest BCUT2D eigenvalue weighted by Crippen LogP contribution is -2.11. The molecule has 0 aliphatic carbocycles. The van der Waals surface area contributed by atoms with E-state index in [1.807, 2.05) is 24.3 Å². The number of unbranched alkanes of at least 4 members (excludes halogenated alkanes) is 15. The molecule has 0 heterocycles. The van der Waals surface area contributed by atoms with E-state index in [9.17, 15) is 4.79 Å². The van der Waals surface area contributed by atoms with Gasteiger partial charge in [0.2, 0.25) is 0 Å². The van der Waals surface area contributed by atoms with Crippen LogP contribution in [0, 0.1) is 5.92 Å². The van der Waals surface area contributed by atoms with Crippen LogP contribution in [0.2, 0.25) is 0 Å². The van der Waals surface area contributed by atoms with Crippen LogP contribution in [0.15, 0.2) is 24.3 Å². The highest BCUT2D eigenvalue weighted by molar-refractivity contribution is 5.97. The zero-order valence-electron chi connectivity index (χ0n) is 20.2. The third-order valence-electron chi connectivity index (χ3n) is 6.31. The zero-order chi connectivity index (χ0) is 21.9. The minimum atomic E-state index is 0.116. The summed E-state index contributed by atoms with van der Waals surface area (Å²) in [4.78, 5) is 12.5. The quantitative estimate of drug-likeness (QED) is 0.156. The lowest BCUT2D eigenvalue weighted by Gasteiger charge is -2.11. The van der Waals surface area contributed by atoms with Crippen molar-refractivity contribution in [2.24, 2.45) is 5.92 Å². The summed E-state index contributed by atoms with van der Waals surface area (Å²) >= 11 is 0. The largest absolute Gasteiger partial charge is 0.497 e. The topological polar surface area (TPSA) is 26.3 Å². The molecule has 1 aromatic carbocycles. The highest BCUT2D eigenvalue weighted by atomic mass is 16.5. The first-order valence-corrected chi connectivity index (χ1v) is 12.9. The molecule has 2 nitrogen and oxygen atoms in total. The van der Waals surface area contributed by atoms with E-state index >= 15 is 0 Å². The summed E-state index contributed by atoms with van der Waals surface area (Å²) in [5.74, 6) is 1.18. The van der Waals surface area contributed by atoms with Crippen LogP contribution >= 0.6 is 0 Å². The molecule has 1 atom stereocenters. The van der Waals surface area contributed by atoms with Gasteiger partial charge in [-0.1, -0.05) is 117 Å². The predicted octanol–water partition coefficient (Wildman–Crippen LogP) is 9.17. The second-order valence-electron chi connectivity index (χ2n) is 9.09. The fourth-order valence-electron chi connectivity index (χ4n) is 4.17. The molecule has 0 spiro atoms. The summed E-state index contributed by atoms with van der Waals surface area (Å²) in [6.45, 7) is 4.35. The Balaban J connectivity index is 1.89. The lowest BCUT2D eigenvalue weighted by molar-refractivity contribution is 0.0922.